The Balaban J connectivity index is 1.79. The Labute approximate surface area is 155 Å². The van der Waals surface area contributed by atoms with Crippen LogP contribution in [0.4, 0.5) is 5.82 Å². The van der Waals surface area contributed by atoms with Crippen molar-refractivity contribution in [3.8, 4) is 17.0 Å². The molecule has 26 heavy (non-hydrogen) atoms. The van der Waals surface area contributed by atoms with Gasteiger partial charge >= 0.3 is 0 Å². The second-order valence-corrected chi connectivity index (χ2v) is 5.89. The van der Waals surface area contributed by atoms with Crippen molar-refractivity contribution in [2.75, 3.05) is 12.4 Å². The topological polar surface area (TPSA) is 77.2 Å². The Morgan fingerprint density at radius 1 is 1.23 bits per heavy atom. The second-order valence-electron chi connectivity index (χ2n) is 5.49. The van der Waals surface area contributed by atoms with Gasteiger partial charge < -0.3 is 10.1 Å². The number of rotatable bonds is 5. The van der Waals surface area contributed by atoms with Gasteiger partial charge in [0.05, 0.1) is 7.11 Å². The maximum atomic E-state index is 12.2. The second kappa shape index (κ2) is 7.84. The first-order valence-electron chi connectivity index (χ1n) is 7.79. The number of methoxy groups -OCH3 is 1. The first-order valence-corrected chi connectivity index (χ1v) is 8.17. The van der Waals surface area contributed by atoms with Gasteiger partial charge in [-0.3, -0.25) is 4.79 Å². The summed E-state index contributed by atoms with van der Waals surface area (Å²) in [7, 11) is 1.60. The fraction of sp³-hybridized carbons (Fsp3) is 0.105. The molecule has 6 nitrogen and oxygen atoms in total. The van der Waals surface area contributed by atoms with Crippen LogP contribution in [0.1, 0.15) is 11.1 Å². The van der Waals surface area contributed by atoms with Crippen molar-refractivity contribution in [1.29, 1.82) is 0 Å². The number of nitrogens with one attached hydrogen (secondary N) is 1. The van der Waals surface area contributed by atoms with E-state index in [-0.39, 0.29) is 11.7 Å². The number of aryl methyl sites for hydroxylation is 1. The highest BCUT2D eigenvalue weighted by Gasteiger charge is 2.16. The van der Waals surface area contributed by atoms with Crippen molar-refractivity contribution in [2.45, 2.75) is 6.92 Å². The van der Waals surface area contributed by atoms with E-state index in [2.05, 4.69) is 15.6 Å². The zero-order valence-corrected chi connectivity index (χ0v) is 14.9. The summed E-state index contributed by atoms with van der Waals surface area (Å²) in [5, 5.41) is 10.9. The summed E-state index contributed by atoms with van der Waals surface area (Å²) in [6, 6.07) is 12.7. The zero-order chi connectivity index (χ0) is 18.5. The number of anilines is 1. The van der Waals surface area contributed by atoms with E-state index in [1.54, 1.807) is 25.3 Å². The van der Waals surface area contributed by atoms with Crippen LogP contribution in [0.3, 0.4) is 0 Å². The third kappa shape index (κ3) is 3.92. The van der Waals surface area contributed by atoms with E-state index >= 15 is 0 Å². The van der Waals surface area contributed by atoms with Crippen molar-refractivity contribution in [1.82, 2.24) is 10.3 Å². The van der Waals surface area contributed by atoms with Gasteiger partial charge in [0, 0.05) is 16.7 Å². The fourth-order valence-corrected chi connectivity index (χ4v) is 2.61. The van der Waals surface area contributed by atoms with Crippen molar-refractivity contribution in [3.63, 3.8) is 0 Å². The Morgan fingerprint density at radius 2 is 2.04 bits per heavy atom. The molecule has 0 aliphatic carbocycles. The number of carbonyl (C=O) groups excluding carboxylic acids is 1. The molecule has 1 heterocycles. The van der Waals surface area contributed by atoms with Crippen LogP contribution in [0.25, 0.3) is 17.3 Å². The van der Waals surface area contributed by atoms with Gasteiger partial charge in [-0.1, -0.05) is 29.8 Å². The molecular weight excluding hydrogens is 354 g/mol. The normalized spacial score (nSPS) is 10.9. The molecule has 0 saturated carbocycles. The lowest BCUT2D eigenvalue weighted by Gasteiger charge is -2.06. The molecule has 0 aliphatic rings. The van der Waals surface area contributed by atoms with Crippen molar-refractivity contribution in [3.05, 3.63) is 64.7 Å². The zero-order valence-electron chi connectivity index (χ0n) is 14.2. The molecule has 0 fully saturated rings. The summed E-state index contributed by atoms with van der Waals surface area (Å²) in [5.41, 5.74) is 2.90. The van der Waals surface area contributed by atoms with Gasteiger partial charge in [0.2, 0.25) is 11.7 Å². The molecule has 3 aromatic rings. The molecule has 3 rings (SSSR count). The van der Waals surface area contributed by atoms with E-state index in [9.17, 15) is 4.79 Å². The summed E-state index contributed by atoms with van der Waals surface area (Å²) in [5.74, 6) is 0.607. The first kappa shape index (κ1) is 17.7. The number of hydrogen-bond acceptors (Lipinski definition) is 5. The number of hydrogen-bond donors (Lipinski definition) is 1. The smallest absolute Gasteiger partial charge is 0.249 e. The summed E-state index contributed by atoms with van der Waals surface area (Å²) in [6.07, 6.45) is 3.00. The van der Waals surface area contributed by atoms with E-state index in [1.165, 1.54) is 6.08 Å². The quantitative estimate of drug-likeness (QED) is 0.676. The van der Waals surface area contributed by atoms with Crippen LogP contribution >= 0.6 is 11.6 Å². The van der Waals surface area contributed by atoms with Crippen molar-refractivity contribution in [2.24, 2.45) is 0 Å². The van der Waals surface area contributed by atoms with Crippen LogP contribution in [-0.2, 0) is 4.79 Å². The predicted octanol–water partition coefficient (Wildman–Crippen LogP) is 4.36. The van der Waals surface area contributed by atoms with E-state index in [4.69, 9.17) is 21.0 Å². The Bertz CT molecular complexity index is 966. The average Bonchev–Trinajstić information content (AvgIpc) is 3.08. The molecule has 1 N–H and O–H groups in total. The largest absolute Gasteiger partial charge is 0.497 e. The van der Waals surface area contributed by atoms with Crippen LogP contribution < -0.4 is 10.1 Å². The maximum absolute atomic E-state index is 12.2. The number of nitrogens with zero attached hydrogens (tertiary/aromatic N) is 2. The van der Waals surface area contributed by atoms with Gasteiger partial charge in [0.25, 0.3) is 0 Å². The fourth-order valence-electron chi connectivity index (χ4n) is 2.41. The van der Waals surface area contributed by atoms with Crippen molar-refractivity contribution < 1.29 is 14.2 Å². The third-order valence-corrected chi connectivity index (χ3v) is 4.08. The Kier molecular flexibility index (Phi) is 5.34. The molecule has 0 saturated heterocycles. The van der Waals surface area contributed by atoms with Gasteiger partial charge in [-0.15, -0.1) is 0 Å². The van der Waals surface area contributed by atoms with Gasteiger partial charge in [-0.05, 0) is 58.7 Å². The predicted molar refractivity (Wildman–Crippen MR) is 100 cm³/mol. The van der Waals surface area contributed by atoms with Gasteiger partial charge in [0.15, 0.2) is 5.69 Å². The maximum Gasteiger partial charge on any atom is 0.249 e. The van der Waals surface area contributed by atoms with Crippen molar-refractivity contribution >= 4 is 29.4 Å². The lowest BCUT2D eigenvalue weighted by atomic mass is 10.1. The molecule has 0 unspecified atom stereocenters. The molecule has 7 heteroatoms. The number of amides is 1. The number of benzene rings is 2. The first-order chi connectivity index (χ1) is 12.6. The van der Waals surface area contributed by atoms with Crippen LogP contribution in [0.2, 0.25) is 5.02 Å². The van der Waals surface area contributed by atoms with Crippen LogP contribution in [-0.4, -0.2) is 23.3 Å². The number of halogens is 1. The molecule has 0 bridgehead atoms. The molecule has 0 spiro atoms. The highest BCUT2D eigenvalue weighted by atomic mass is 35.5. The van der Waals surface area contributed by atoms with Crippen LogP contribution in [0, 0.1) is 6.92 Å². The highest BCUT2D eigenvalue weighted by Crippen LogP contribution is 2.29. The SMILES string of the molecule is COc1ccc(-c2nonc2NC(=O)/C=C/c2ccccc2Cl)c(C)c1. The van der Waals surface area contributed by atoms with Gasteiger partial charge in [-0.25, -0.2) is 4.63 Å². The average molecular weight is 370 g/mol. The molecule has 2 aromatic carbocycles. The molecule has 132 valence electrons. The molecule has 0 atom stereocenters. The van der Waals surface area contributed by atoms with E-state index in [0.29, 0.717) is 10.7 Å². The van der Waals surface area contributed by atoms with Crippen LogP contribution in [0.5, 0.6) is 5.75 Å². The van der Waals surface area contributed by atoms with E-state index in [0.717, 1.165) is 22.4 Å². The molecule has 1 amide bonds. The highest BCUT2D eigenvalue weighted by molar-refractivity contribution is 6.32. The number of aromatic nitrogens is 2. The van der Waals surface area contributed by atoms with Gasteiger partial charge in [-0.2, -0.15) is 0 Å². The lowest BCUT2D eigenvalue weighted by molar-refractivity contribution is -0.111. The summed E-state index contributed by atoms with van der Waals surface area (Å²) in [6.45, 7) is 1.91. The summed E-state index contributed by atoms with van der Waals surface area (Å²) >= 11 is 6.07. The van der Waals surface area contributed by atoms with Crippen LogP contribution in [0.15, 0.2) is 53.2 Å². The van der Waals surface area contributed by atoms with E-state index in [1.807, 2.05) is 37.3 Å². The summed E-state index contributed by atoms with van der Waals surface area (Å²) in [4.78, 5) is 12.2. The number of carbonyl (C=O) groups is 1. The number of ether oxygens (including phenoxy) is 1. The monoisotopic (exact) mass is 369 g/mol. The molecular formula is C19H16ClN3O3. The Hall–Kier alpha value is -3.12. The van der Waals surface area contributed by atoms with Gasteiger partial charge in [0.1, 0.15) is 5.75 Å². The Morgan fingerprint density at radius 3 is 2.77 bits per heavy atom. The molecule has 1 aromatic heterocycles. The molecule has 0 radical (unpaired) electrons. The summed E-state index contributed by atoms with van der Waals surface area (Å²) < 4.78 is 10.00. The molecule has 0 aliphatic heterocycles. The van der Waals surface area contributed by atoms with E-state index < -0.39 is 0 Å². The lowest BCUT2D eigenvalue weighted by Crippen LogP contribution is -2.09. The standard InChI is InChI=1S/C19H16ClN3O3/c1-12-11-14(25-2)8-9-15(12)18-19(23-26-22-18)21-17(24)10-7-13-5-3-4-6-16(13)20/h3-11H,1-2H3,(H,21,23,24)/b10-7+. The minimum atomic E-state index is -0.368. The minimum absolute atomic E-state index is 0.243. The minimum Gasteiger partial charge on any atom is -0.497 e. The third-order valence-electron chi connectivity index (χ3n) is 3.74.